The molecule has 1 amide bonds. The summed E-state index contributed by atoms with van der Waals surface area (Å²) in [6.45, 7) is 0.556. The Labute approximate surface area is 245 Å². The minimum Gasteiger partial charge on any atom is -0.462 e. The number of amides is 1. The molecule has 11 heteroatoms. The number of ether oxygens (including phenoxy) is 2. The monoisotopic (exact) mass is 593 g/mol. The standard InChI is InChI=1S/C30H25Cl2N3O6/c1-19(36)26-27(21-7-11-23(31)12-8-21)28(22-9-13-24(32)14-10-22)34-35(29(26)38)15-16-40-25(37)17-33-30(39)41-18-20-5-3-2-4-6-20/h2-14H,15-18H2,1H3,(H,33,39). The van der Waals surface area contributed by atoms with E-state index in [0.717, 1.165) is 10.2 Å². The number of Topliss-reactive ketones (excluding diaryl/α,β-unsaturated/α-hetero) is 1. The first kappa shape index (κ1) is 29.5. The smallest absolute Gasteiger partial charge is 0.407 e. The maximum absolute atomic E-state index is 13.4. The SMILES string of the molecule is CC(=O)c1c(-c2ccc(Cl)cc2)c(-c2ccc(Cl)cc2)nn(CCOC(=O)CNC(=O)OCc2ccccc2)c1=O. The zero-order chi connectivity index (χ0) is 29.4. The van der Waals surface area contributed by atoms with Crippen molar-refractivity contribution in [3.05, 3.63) is 110 Å². The molecule has 4 aromatic rings. The minimum absolute atomic E-state index is 0.0523. The highest BCUT2D eigenvalue weighted by Gasteiger charge is 2.23. The summed E-state index contributed by atoms with van der Waals surface area (Å²) in [4.78, 5) is 50.2. The molecule has 210 valence electrons. The number of alkyl carbamates (subject to hydrolysis) is 1. The maximum Gasteiger partial charge on any atom is 0.407 e. The van der Waals surface area contributed by atoms with Gasteiger partial charge in [-0.25, -0.2) is 9.48 Å². The molecule has 0 aliphatic carbocycles. The predicted molar refractivity (Wildman–Crippen MR) is 155 cm³/mol. The van der Waals surface area contributed by atoms with E-state index in [1.54, 1.807) is 60.7 Å². The third-order valence-corrected chi connectivity index (χ3v) is 6.42. The van der Waals surface area contributed by atoms with E-state index in [1.165, 1.54) is 6.92 Å². The molecule has 0 saturated heterocycles. The van der Waals surface area contributed by atoms with Crippen LogP contribution < -0.4 is 10.9 Å². The number of halogens is 2. The zero-order valence-electron chi connectivity index (χ0n) is 21.9. The Kier molecular flexibility index (Phi) is 9.89. The first-order chi connectivity index (χ1) is 19.7. The minimum atomic E-state index is -0.778. The molecule has 0 fully saturated rings. The van der Waals surface area contributed by atoms with Gasteiger partial charge in [0.1, 0.15) is 19.8 Å². The van der Waals surface area contributed by atoms with Crippen LogP contribution in [-0.4, -0.2) is 40.8 Å². The van der Waals surface area contributed by atoms with Crippen molar-refractivity contribution < 1.29 is 23.9 Å². The normalized spacial score (nSPS) is 10.6. The molecule has 0 saturated carbocycles. The molecule has 0 spiro atoms. The number of benzene rings is 3. The molecule has 3 aromatic carbocycles. The topological polar surface area (TPSA) is 117 Å². The molecule has 0 aliphatic rings. The summed E-state index contributed by atoms with van der Waals surface area (Å²) in [5.41, 5.74) is 2.01. The molecule has 1 aromatic heterocycles. The van der Waals surface area contributed by atoms with E-state index < -0.39 is 29.9 Å². The van der Waals surface area contributed by atoms with Gasteiger partial charge in [-0.05, 0) is 42.3 Å². The fraction of sp³-hybridized carbons (Fsp3) is 0.167. The highest BCUT2D eigenvalue weighted by Crippen LogP contribution is 2.33. The Morgan fingerprint density at radius 3 is 2.07 bits per heavy atom. The first-order valence-corrected chi connectivity index (χ1v) is 13.3. The number of rotatable bonds is 10. The number of carbonyl (C=O) groups excluding carboxylic acids is 3. The van der Waals surface area contributed by atoms with Crippen molar-refractivity contribution in [2.24, 2.45) is 0 Å². The fourth-order valence-corrected chi connectivity index (χ4v) is 4.22. The van der Waals surface area contributed by atoms with Crippen molar-refractivity contribution in [3.63, 3.8) is 0 Å². The van der Waals surface area contributed by atoms with Gasteiger partial charge < -0.3 is 14.8 Å². The molecule has 4 rings (SSSR count). The quantitative estimate of drug-likeness (QED) is 0.189. The van der Waals surface area contributed by atoms with Gasteiger partial charge in [0.25, 0.3) is 5.56 Å². The molecule has 0 bridgehead atoms. The molecule has 0 aliphatic heterocycles. The van der Waals surface area contributed by atoms with Crippen LogP contribution in [0, 0.1) is 0 Å². The summed E-state index contributed by atoms with van der Waals surface area (Å²) in [6, 6.07) is 22.6. The Morgan fingerprint density at radius 1 is 0.854 bits per heavy atom. The van der Waals surface area contributed by atoms with Crippen molar-refractivity contribution in [1.82, 2.24) is 15.1 Å². The maximum atomic E-state index is 13.4. The first-order valence-electron chi connectivity index (χ1n) is 12.5. The second kappa shape index (κ2) is 13.7. The summed E-state index contributed by atoms with van der Waals surface area (Å²) in [6.07, 6.45) is -0.778. The van der Waals surface area contributed by atoms with E-state index in [4.69, 9.17) is 32.7 Å². The average Bonchev–Trinajstić information content (AvgIpc) is 2.97. The largest absolute Gasteiger partial charge is 0.462 e. The number of aromatic nitrogens is 2. The number of esters is 1. The number of ketones is 1. The van der Waals surface area contributed by atoms with Crippen molar-refractivity contribution in [2.45, 2.75) is 20.1 Å². The number of nitrogens with one attached hydrogen (secondary N) is 1. The van der Waals surface area contributed by atoms with Gasteiger partial charge >= 0.3 is 12.1 Å². The van der Waals surface area contributed by atoms with E-state index in [2.05, 4.69) is 10.4 Å². The highest BCUT2D eigenvalue weighted by atomic mass is 35.5. The Balaban J connectivity index is 1.50. The zero-order valence-corrected chi connectivity index (χ0v) is 23.4. The second-order valence-electron chi connectivity index (χ2n) is 8.83. The van der Waals surface area contributed by atoms with Crippen LogP contribution >= 0.6 is 23.2 Å². The third kappa shape index (κ3) is 7.81. The summed E-state index contributed by atoms with van der Waals surface area (Å²) >= 11 is 12.1. The van der Waals surface area contributed by atoms with Gasteiger partial charge in [0, 0.05) is 21.2 Å². The molecule has 1 N–H and O–H groups in total. The van der Waals surface area contributed by atoms with Crippen LogP contribution in [0.2, 0.25) is 10.0 Å². The molecule has 0 radical (unpaired) electrons. The van der Waals surface area contributed by atoms with Gasteiger partial charge in [0.15, 0.2) is 5.78 Å². The Morgan fingerprint density at radius 2 is 1.46 bits per heavy atom. The van der Waals surface area contributed by atoms with Gasteiger partial charge in [-0.1, -0.05) is 77.8 Å². The predicted octanol–water partition coefficient (Wildman–Crippen LogP) is 5.56. The van der Waals surface area contributed by atoms with E-state index in [0.29, 0.717) is 32.4 Å². The average molecular weight is 594 g/mol. The van der Waals surface area contributed by atoms with Crippen LogP contribution in [0.15, 0.2) is 83.7 Å². The van der Waals surface area contributed by atoms with Crippen molar-refractivity contribution in [2.75, 3.05) is 13.2 Å². The number of hydrogen-bond acceptors (Lipinski definition) is 7. The van der Waals surface area contributed by atoms with Gasteiger partial charge in [-0.15, -0.1) is 0 Å². The van der Waals surface area contributed by atoms with Gasteiger partial charge in [0.2, 0.25) is 0 Å². The van der Waals surface area contributed by atoms with E-state index >= 15 is 0 Å². The van der Waals surface area contributed by atoms with E-state index in [9.17, 15) is 19.2 Å². The number of hydrogen-bond donors (Lipinski definition) is 1. The Bertz CT molecular complexity index is 1600. The van der Waals surface area contributed by atoms with E-state index in [1.807, 2.05) is 18.2 Å². The summed E-state index contributed by atoms with van der Waals surface area (Å²) < 4.78 is 11.3. The molecule has 1 heterocycles. The Hall–Kier alpha value is -4.47. The van der Waals surface area contributed by atoms with Crippen LogP contribution in [0.5, 0.6) is 0 Å². The number of nitrogens with zero attached hydrogens (tertiary/aromatic N) is 2. The highest BCUT2D eigenvalue weighted by molar-refractivity contribution is 6.31. The fourth-order valence-electron chi connectivity index (χ4n) is 3.97. The molecule has 0 atom stereocenters. The van der Waals surface area contributed by atoms with Crippen molar-refractivity contribution in [1.29, 1.82) is 0 Å². The second-order valence-corrected chi connectivity index (χ2v) is 9.71. The van der Waals surface area contributed by atoms with Crippen LogP contribution in [0.3, 0.4) is 0 Å². The lowest BCUT2D eigenvalue weighted by molar-refractivity contribution is -0.142. The number of carbonyl (C=O) groups is 3. The molecule has 41 heavy (non-hydrogen) atoms. The molecule has 0 unspecified atom stereocenters. The summed E-state index contributed by atoms with van der Waals surface area (Å²) in [5, 5.41) is 7.85. The van der Waals surface area contributed by atoms with Crippen LogP contribution in [0.1, 0.15) is 22.8 Å². The lowest BCUT2D eigenvalue weighted by Crippen LogP contribution is -2.33. The van der Waals surface area contributed by atoms with Crippen LogP contribution in [0.25, 0.3) is 22.4 Å². The lowest BCUT2D eigenvalue weighted by Gasteiger charge is -2.16. The van der Waals surface area contributed by atoms with Gasteiger partial charge in [-0.3, -0.25) is 14.4 Å². The molecule has 9 nitrogen and oxygen atoms in total. The van der Waals surface area contributed by atoms with Crippen molar-refractivity contribution in [3.8, 4) is 22.4 Å². The van der Waals surface area contributed by atoms with Crippen molar-refractivity contribution >= 4 is 41.0 Å². The van der Waals surface area contributed by atoms with Crippen LogP contribution in [-0.2, 0) is 27.4 Å². The van der Waals surface area contributed by atoms with Crippen LogP contribution in [0.4, 0.5) is 4.79 Å². The summed E-state index contributed by atoms with van der Waals surface area (Å²) in [5.74, 6) is -1.20. The molecular weight excluding hydrogens is 569 g/mol. The van der Waals surface area contributed by atoms with Gasteiger partial charge in [-0.2, -0.15) is 5.10 Å². The lowest BCUT2D eigenvalue weighted by atomic mass is 9.94. The summed E-state index contributed by atoms with van der Waals surface area (Å²) in [7, 11) is 0. The van der Waals surface area contributed by atoms with E-state index in [-0.39, 0.29) is 25.3 Å². The van der Waals surface area contributed by atoms with Gasteiger partial charge in [0.05, 0.1) is 17.8 Å². The third-order valence-electron chi connectivity index (χ3n) is 5.91. The molecular formula is C30H25Cl2N3O6.